The summed E-state index contributed by atoms with van der Waals surface area (Å²) in [5.74, 6) is 1.99. The lowest BCUT2D eigenvalue weighted by Gasteiger charge is -2.64. The van der Waals surface area contributed by atoms with Crippen LogP contribution in [0.4, 0.5) is 0 Å². The molecule has 3 heterocycles. The van der Waals surface area contributed by atoms with E-state index in [1.54, 1.807) is 0 Å². The smallest absolute Gasteiger partial charge is 0.239 e. The molecule has 0 radical (unpaired) electrons. The minimum atomic E-state index is -1.02. The van der Waals surface area contributed by atoms with Gasteiger partial charge in [0.25, 0.3) is 0 Å². The summed E-state index contributed by atoms with van der Waals surface area (Å²) in [5.41, 5.74) is -0.651. The van der Waals surface area contributed by atoms with Crippen molar-refractivity contribution >= 4 is 5.91 Å². The van der Waals surface area contributed by atoms with Crippen molar-refractivity contribution in [3.63, 3.8) is 0 Å². The van der Waals surface area contributed by atoms with Gasteiger partial charge in [0, 0.05) is 31.7 Å². The van der Waals surface area contributed by atoms with Gasteiger partial charge in [-0.15, -0.1) is 0 Å². The third-order valence-electron chi connectivity index (χ3n) is 17.6. The number of likely N-dealkylation sites (tertiary alicyclic amines) is 1. The quantitative estimate of drug-likeness (QED) is 0.334. The number of ether oxygens (including phenoxy) is 4. The molecule has 1 amide bonds. The Balaban J connectivity index is 0.998. The first-order valence-corrected chi connectivity index (χ1v) is 21.0. The lowest BCUT2D eigenvalue weighted by Crippen LogP contribution is -2.60. The zero-order valence-corrected chi connectivity index (χ0v) is 33.3. The summed E-state index contributed by atoms with van der Waals surface area (Å²) in [4.78, 5) is 17.3. The zero-order valence-electron chi connectivity index (χ0n) is 33.3. The van der Waals surface area contributed by atoms with E-state index in [1.807, 2.05) is 25.7 Å². The molecular formula is C42H70N2O7. The van der Waals surface area contributed by atoms with Gasteiger partial charge in [-0.25, -0.2) is 0 Å². The molecular weight excluding hydrogens is 644 g/mol. The topological polar surface area (TPSA) is 101 Å². The summed E-state index contributed by atoms with van der Waals surface area (Å²) in [6, 6.07) is -0.0378. The second-order valence-electron chi connectivity index (χ2n) is 20.2. The van der Waals surface area contributed by atoms with Gasteiger partial charge in [0.15, 0.2) is 6.29 Å². The molecule has 9 heteroatoms. The Hall–Kier alpha value is -0.810. The summed E-state index contributed by atoms with van der Waals surface area (Å²) in [6.45, 7) is 24.2. The van der Waals surface area contributed by atoms with Crippen molar-refractivity contribution in [2.24, 2.45) is 50.7 Å². The fraction of sp³-hybridized carbons (Fsp3) is 0.976. The number of aliphatic hydroxyl groups excluding tert-OH is 1. The van der Waals surface area contributed by atoms with Crippen LogP contribution < -0.4 is 0 Å². The third kappa shape index (κ3) is 5.06. The molecule has 2 N–H and O–H groups in total. The van der Waals surface area contributed by atoms with Crippen molar-refractivity contribution in [1.82, 2.24) is 9.80 Å². The van der Waals surface area contributed by atoms with Crippen LogP contribution in [0.3, 0.4) is 0 Å². The first-order chi connectivity index (χ1) is 24.0. The molecule has 0 aromatic heterocycles. The summed E-state index contributed by atoms with van der Waals surface area (Å²) >= 11 is 0. The number of nitrogens with zero attached hydrogens (tertiary/aromatic N) is 2. The molecule has 290 valence electrons. The molecule has 8 rings (SSSR count). The molecule has 15 atom stereocenters. The molecule has 51 heavy (non-hydrogen) atoms. The number of aliphatic hydroxyl groups is 2. The predicted octanol–water partition coefficient (Wildman–Crippen LogP) is 5.64. The second-order valence-corrected chi connectivity index (χ2v) is 20.2. The van der Waals surface area contributed by atoms with E-state index in [-0.39, 0.29) is 58.2 Å². The van der Waals surface area contributed by atoms with Crippen molar-refractivity contribution in [1.29, 1.82) is 0 Å². The number of fused-ring (bicyclic) bond motifs is 4. The maximum atomic E-state index is 13.0. The van der Waals surface area contributed by atoms with Gasteiger partial charge in [-0.1, -0.05) is 34.6 Å². The number of hydrogen-bond acceptors (Lipinski definition) is 8. The molecule has 8 fully saturated rings. The Morgan fingerprint density at radius 2 is 1.73 bits per heavy atom. The van der Waals surface area contributed by atoms with Crippen molar-refractivity contribution in [3.05, 3.63) is 0 Å². The van der Waals surface area contributed by atoms with Gasteiger partial charge in [-0.2, -0.15) is 0 Å². The highest BCUT2D eigenvalue weighted by Gasteiger charge is 2.84. The van der Waals surface area contributed by atoms with E-state index < -0.39 is 17.8 Å². The lowest BCUT2D eigenvalue weighted by atomic mass is 9.41. The number of likely N-dealkylation sites (N-methyl/N-ethyl adjacent to an activating group) is 1. The predicted molar refractivity (Wildman–Crippen MR) is 195 cm³/mol. The highest BCUT2D eigenvalue weighted by atomic mass is 16.7. The van der Waals surface area contributed by atoms with Gasteiger partial charge in [0.1, 0.15) is 6.10 Å². The number of carbonyl (C=O) groups excluding carboxylic acids is 1. The third-order valence-corrected chi connectivity index (χ3v) is 17.6. The first-order valence-electron chi connectivity index (χ1n) is 21.0. The molecule has 8 aliphatic rings. The molecule has 2 spiro atoms. The Bertz CT molecular complexity index is 1350. The average molecular weight is 715 g/mol. The summed E-state index contributed by atoms with van der Waals surface area (Å²) in [7, 11) is 0. The Labute approximate surface area is 307 Å². The van der Waals surface area contributed by atoms with Crippen molar-refractivity contribution in [2.75, 3.05) is 39.4 Å². The first kappa shape index (κ1) is 37.1. The monoisotopic (exact) mass is 715 g/mol. The van der Waals surface area contributed by atoms with Crippen molar-refractivity contribution in [3.8, 4) is 0 Å². The standard InChI is InChI=1S/C42H70N2O7/c1-10-43-19-15-26(36(43)46)44-20-21-49-31(23-44)51-30-14-16-41-24-42(41)18-17-39(8)32-25(3)22-27(35(48-11-2)38(6,7)47)50-33(32)34(45)40(39,9)29(42)13-12-28(41)37(30,4)5/h25-35,45,47H,10-24H2,1-9H3/t25-,26+,27-,28+,29+,30+,31+,32+,33+,34+,35+,39-,40-,41-,42+/m1/s1. The zero-order chi connectivity index (χ0) is 36.5. The summed E-state index contributed by atoms with van der Waals surface area (Å²) < 4.78 is 26.3. The minimum Gasteiger partial charge on any atom is -0.390 e. The van der Waals surface area contributed by atoms with E-state index in [0.29, 0.717) is 48.8 Å². The molecule has 3 aliphatic heterocycles. The van der Waals surface area contributed by atoms with E-state index in [9.17, 15) is 15.0 Å². The number of morpholine rings is 1. The Kier molecular flexibility index (Phi) is 8.99. The maximum absolute atomic E-state index is 13.0. The molecule has 0 bridgehead atoms. The van der Waals surface area contributed by atoms with E-state index in [4.69, 9.17) is 18.9 Å². The second kappa shape index (κ2) is 12.3. The Morgan fingerprint density at radius 1 is 1.00 bits per heavy atom. The molecule has 3 saturated heterocycles. The molecule has 0 aromatic rings. The van der Waals surface area contributed by atoms with Gasteiger partial charge in [0.2, 0.25) is 5.91 Å². The van der Waals surface area contributed by atoms with E-state index in [0.717, 1.165) is 51.7 Å². The van der Waals surface area contributed by atoms with E-state index in [2.05, 4.69) is 46.4 Å². The summed E-state index contributed by atoms with van der Waals surface area (Å²) in [5, 5.41) is 23.7. The van der Waals surface area contributed by atoms with E-state index >= 15 is 0 Å². The van der Waals surface area contributed by atoms with Crippen LogP contribution in [0.2, 0.25) is 0 Å². The van der Waals surface area contributed by atoms with Crippen molar-refractivity contribution < 1.29 is 34.0 Å². The number of carbonyl (C=O) groups is 1. The highest BCUT2D eigenvalue weighted by molar-refractivity contribution is 5.84. The molecule has 0 aromatic carbocycles. The van der Waals surface area contributed by atoms with Gasteiger partial charge >= 0.3 is 0 Å². The molecule has 5 aliphatic carbocycles. The maximum Gasteiger partial charge on any atom is 0.239 e. The van der Waals surface area contributed by atoms with Gasteiger partial charge in [0.05, 0.1) is 49.2 Å². The van der Waals surface area contributed by atoms with Crippen LogP contribution in [-0.4, -0.2) is 114 Å². The van der Waals surface area contributed by atoms with E-state index in [1.165, 1.54) is 25.7 Å². The van der Waals surface area contributed by atoms with Crippen molar-refractivity contribution in [2.45, 2.75) is 169 Å². The summed E-state index contributed by atoms with van der Waals surface area (Å²) in [6.07, 6.45) is 8.41. The van der Waals surface area contributed by atoms with Gasteiger partial charge in [-0.05, 0) is 131 Å². The lowest BCUT2D eigenvalue weighted by molar-refractivity contribution is -0.250. The molecule has 0 unspecified atom stereocenters. The van der Waals surface area contributed by atoms with Crippen LogP contribution in [0.25, 0.3) is 0 Å². The fourth-order valence-electron chi connectivity index (χ4n) is 15.3. The fourth-order valence-corrected chi connectivity index (χ4v) is 15.3. The van der Waals surface area contributed by atoms with Gasteiger partial charge < -0.3 is 34.1 Å². The molecule has 5 saturated carbocycles. The van der Waals surface area contributed by atoms with Crippen LogP contribution in [0.15, 0.2) is 0 Å². The van der Waals surface area contributed by atoms with Crippen LogP contribution in [0, 0.1) is 50.7 Å². The van der Waals surface area contributed by atoms with Crippen LogP contribution in [0.1, 0.15) is 120 Å². The molecule has 9 nitrogen and oxygen atoms in total. The Morgan fingerprint density at radius 3 is 2.41 bits per heavy atom. The van der Waals surface area contributed by atoms with Gasteiger partial charge in [-0.3, -0.25) is 9.69 Å². The average Bonchev–Trinajstić information content (AvgIpc) is 3.53. The minimum absolute atomic E-state index is 0.00126. The number of amides is 1. The largest absolute Gasteiger partial charge is 0.390 e. The number of hydrogen-bond donors (Lipinski definition) is 2. The highest BCUT2D eigenvalue weighted by Crippen LogP contribution is 2.89. The normalized spacial score (nSPS) is 51.3. The van der Waals surface area contributed by atoms with Crippen LogP contribution >= 0.6 is 0 Å². The van der Waals surface area contributed by atoms with Crippen LogP contribution in [-0.2, 0) is 23.7 Å². The SMILES string of the molecule is CCO[C@@H]([C@H]1C[C@@H](C)[C@H]2[C@H](O1)[C@H](O)[C@@]1(C)[C@@H]3CC[C@H]4C(C)(C)[C@@H](O[C@H]5CN([C@H]6CCN(CC)C6=O)CCO5)CC[C@@]45C[C@@]35CC[C@]21C)C(C)(C)O. The van der Waals surface area contributed by atoms with Crippen LogP contribution in [0.5, 0.6) is 0 Å². The number of rotatable bonds is 8.